The van der Waals surface area contributed by atoms with Crippen molar-refractivity contribution in [2.24, 2.45) is 0 Å². The highest BCUT2D eigenvalue weighted by molar-refractivity contribution is 5.58. The van der Waals surface area contributed by atoms with Gasteiger partial charge < -0.3 is 15.0 Å². The number of ether oxygens (including phenoxy) is 1. The number of rotatable bonds is 6. The maximum absolute atomic E-state index is 13.0. The van der Waals surface area contributed by atoms with Crippen LogP contribution in [0.4, 0.5) is 10.2 Å². The monoisotopic (exact) mass is 361 g/mol. The summed E-state index contributed by atoms with van der Waals surface area (Å²) in [5.41, 5.74) is 0.864. The lowest BCUT2D eigenvalue weighted by molar-refractivity contribution is 0.480. The van der Waals surface area contributed by atoms with Crippen LogP contribution >= 0.6 is 0 Å². The number of benzene rings is 2. The van der Waals surface area contributed by atoms with Crippen LogP contribution in [0.2, 0.25) is 0 Å². The summed E-state index contributed by atoms with van der Waals surface area (Å²) in [6.07, 6.45) is 5.19. The normalized spacial score (nSPS) is 10.6. The molecule has 6 nitrogen and oxygen atoms in total. The minimum absolute atomic E-state index is 0.296. The van der Waals surface area contributed by atoms with E-state index >= 15 is 0 Å². The Hall–Kier alpha value is -3.74. The lowest BCUT2D eigenvalue weighted by Gasteiger charge is -2.08. The number of imidazole rings is 1. The average Bonchev–Trinajstić information content (AvgIpc) is 3.23. The van der Waals surface area contributed by atoms with Gasteiger partial charge in [0, 0.05) is 24.2 Å². The minimum Gasteiger partial charge on any atom is -0.457 e. The minimum atomic E-state index is -0.296. The molecular formula is C20H16FN5O. The molecule has 0 aliphatic rings. The van der Waals surface area contributed by atoms with E-state index in [4.69, 9.17) is 4.74 Å². The SMILES string of the molecule is Fc1ccc(Oc2ccc(-c3nccc(NCc4ncc[nH]4)n3)cc2)cc1. The van der Waals surface area contributed by atoms with Crippen molar-refractivity contribution < 1.29 is 9.13 Å². The molecule has 0 saturated carbocycles. The number of aromatic amines is 1. The quantitative estimate of drug-likeness (QED) is 0.532. The zero-order chi connectivity index (χ0) is 18.5. The molecule has 0 aliphatic heterocycles. The predicted molar refractivity (Wildman–Crippen MR) is 99.9 cm³/mol. The number of hydrogen-bond donors (Lipinski definition) is 2. The van der Waals surface area contributed by atoms with Crippen molar-refractivity contribution in [3.63, 3.8) is 0 Å². The van der Waals surface area contributed by atoms with Gasteiger partial charge in [0.05, 0.1) is 6.54 Å². The summed E-state index contributed by atoms with van der Waals surface area (Å²) in [5.74, 6) is 3.07. The topological polar surface area (TPSA) is 75.7 Å². The Morgan fingerprint density at radius 1 is 0.889 bits per heavy atom. The van der Waals surface area contributed by atoms with Crippen LogP contribution in [-0.4, -0.2) is 19.9 Å². The Morgan fingerprint density at radius 2 is 1.63 bits per heavy atom. The molecule has 4 aromatic rings. The first-order valence-electron chi connectivity index (χ1n) is 8.35. The first-order valence-corrected chi connectivity index (χ1v) is 8.35. The number of H-pyrrole nitrogens is 1. The van der Waals surface area contributed by atoms with Crippen LogP contribution in [0.5, 0.6) is 11.5 Å². The third-order valence-corrected chi connectivity index (χ3v) is 3.81. The molecule has 0 atom stereocenters. The van der Waals surface area contributed by atoms with Crippen LogP contribution in [0.1, 0.15) is 5.82 Å². The van der Waals surface area contributed by atoms with Gasteiger partial charge in [0.15, 0.2) is 5.82 Å². The highest BCUT2D eigenvalue weighted by Crippen LogP contribution is 2.25. The van der Waals surface area contributed by atoms with E-state index in [1.54, 1.807) is 36.8 Å². The summed E-state index contributed by atoms with van der Waals surface area (Å²) in [7, 11) is 0. The number of nitrogens with one attached hydrogen (secondary N) is 2. The van der Waals surface area contributed by atoms with E-state index in [-0.39, 0.29) is 5.82 Å². The molecule has 0 spiro atoms. The zero-order valence-corrected chi connectivity index (χ0v) is 14.3. The zero-order valence-electron chi connectivity index (χ0n) is 14.3. The maximum Gasteiger partial charge on any atom is 0.161 e. The first-order chi connectivity index (χ1) is 13.3. The number of anilines is 1. The van der Waals surface area contributed by atoms with Gasteiger partial charge in [0.2, 0.25) is 0 Å². The summed E-state index contributed by atoms with van der Waals surface area (Å²) in [6.45, 7) is 0.550. The maximum atomic E-state index is 13.0. The Morgan fingerprint density at radius 3 is 2.33 bits per heavy atom. The molecule has 27 heavy (non-hydrogen) atoms. The van der Waals surface area contributed by atoms with E-state index in [2.05, 4.69) is 25.3 Å². The lowest BCUT2D eigenvalue weighted by Crippen LogP contribution is -2.03. The number of nitrogens with zero attached hydrogens (tertiary/aromatic N) is 3. The number of hydrogen-bond acceptors (Lipinski definition) is 5. The van der Waals surface area contributed by atoms with E-state index in [1.807, 2.05) is 24.3 Å². The van der Waals surface area contributed by atoms with Crippen LogP contribution < -0.4 is 10.1 Å². The van der Waals surface area contributed by atoms with Gasteiger partial charge in [-0.05, 0) is 54.6 Å². The molecule has 0 unspecified atom stereocenters. The third-order valence-electron chi connectivity index (χ3n) is 3.81. The van der Waals surface area contributed by atoms with Gasteiger partial charge in [-0.3, -0.25) is 0 Å². The van der Waals surface area contributed by atoms with Crippen LogP contribution in [0, 0.1) is 5.82 Å². The lowest BCUT2D eigenvalue weighted by atomic mass is 10.2. The van der Waals surface area contributed by atoms with Crippen molar-refractivity contribution in [3.8, 4) is 22.9 Å². The van der Waals surface area contributed by atoms with Gasteiger partial charge in [0.1, 0.15) is 29.0 Å². The van der Waals surface area contributed by atoms with E-state index in [0.29, 0.717) is 29.7 Å². The summed E-state index contributed by atoms with van der Waals surface area (Å²) in [5, 5.41) is 3.21. The third kappa shape index (κ3) is 4.27. The Balaban J connectivity index is 1.45. The average molecular weight is 361 g/mol. The van der Waals surface area contributed by atoms with Crippen LogP contribution in [-0.2, 0) is 6.54 Å². The predicted octanol–water partition coefficient (Wildman–Crippen LogP) is 4.41. The Kier molecular flexibility index (Phi) is 4.74. The fourth-order valence-electron chi connectivity index (χ4n) is 2.48. The molecule has 0 fully saturated rings. The van der Waals surface area contributed by atoms with Crippen molar-refractivity contribution in [2.75, 3.05) is 5.32 Å². The fraction of sp³-hybridized carbons (Fsp3) is 0.0500. The smallest absolute Gasteiger partial charge is 0.161 e. The molecule has 134 valence electrons. The van der Waals surface area contributed by atoms with E-state index in [9.17, 15) is 4.39 Å². The second-order valence-electron chi connectivity index (χ2n) is 5.74. The first kappa shape index (κ1) is 16.7. The van der Waals surface area contributed by atoms with Crippen molar-refractivity contribution in [1.29, 1.82) is 0 Å². The second kappa shape index (κ2) is 7.65. The summed E-state index contributed by atoms with van der Waals surface area (Å²) < 4.78 is 18.7. The molecule has 0 amide bonds. The van der Waals surface area contributed by atoms with Crippen molar-refractivity contribution in [1.82, 2.24) is 19.9 Å². The van der Waals surface area contributed by atoms with Crippen molar-refractivity contribution in [3.05, 3.63) is 84.8 Å². The molecule has 2 N–H and O–H groups in total. The highest BCUT2D eigenvalue weighted by Gasteiger charge is 2.05. The van der Waals surface area contributed by atoms with E-state index in [1.165, 1.54) is 12.1 Å². The van der Waals surface area contributed by atoms with Gasteiger partial charge >= 0.3 is 0 Å². The number of aromatic nitrogens is 4. The summed E-state index contributed by atoms with van der Waals surface area (Å²) in [6, 6.07) is 15.1. The molecule has 0 bridgehead atoms. The summed E-state index contributed by atoms with van der Waals surface area (Å²) >= 11 is 0. The summed E-state index contributed by atoms with van der Waals surface area (Å²) in [4.78, 5) is 16.0. The van der Waals surface area contributed by atoms with Crippen LogP contribution in [0.15, 0.2) is 73.2 Å². The molecule has 2 heterocycles. The van der Waals surface area contributed by atoms with Gasteiger partial charge in [-0.25, -0.2) is 19.3 Å². The highest BCUT2D eigenvalue weighted by atomic mass is 19.1. The molecule has 0 radical (unpaired) electrons. The molecule has 7 heteroatoms. The molecule has 0 aliphatic carbocycles. The fourth-order valence-corrected chi connectivity index (χ4v) is 2.48. The second-order valence-corrected chi connectivity index (χ2v) is 5.74. The standard InChI is InChI=1S/C20H16FN5O/c21-15-3-7-17(8-4-15)27-16-5-1-14(2-6-16)20-24-10-9-18(26-20)25-13-19-22-11-12-23-19/h1-12H,13H2,(H,22,23)(H,24,25,26). The molecule has 0 saturated heterocycles. The Bertz CT molecular complexity index is 1000. The molecule has 4 rings (SSSR count). The molecule has 2 aromatic carbocycles. The van der Waals surface area contributed by atoms with E-state index in [0.717, 1.165) is 11.4 Å². The van der Waals surface area contributed by atoms with Gasteiger partial charge in [0.25, 0.3) is 0 Å². The van der Waals surface area contributed by atoms with Gasteiger partial charge in [-0.2, -0.15) is 0 Å². The Labute approximate surface area is 155 Å². The largest absolute Gasteiger partial charge is 0.457 e. The van der Waals surface area contributed by atoms with Gasteiger partial charge in [-0.15, -0.1) is 0 Å². The van der Waals surface area contributed by atoms with Crippen molar-refractivity contribution in [2.45, 2.75) is 6.54 Å². The van der Waals surface area contributed by atoms with Gasteiger partial charge in [-0.1, -0.05) is 0 Å². The number of halogens is 1. The van der Waals surface area contributed by atoms with Crippen LogP contribution in [0.25, 0.3) is 11.4 Å². The van der Waals surface area contributed by atoms with Crippen molar-refractivity contribution >= 4 is 5.82 Å². The molecule has 2 aromatic heterocycles. The molecular weight excluding hydrogens is 345 g/mol. The van der Waals surface area contributed by atoms with E-state index < -0.39 is 0 Å². The van der Waals surface area contributed by atoms with Crippen LogP contribution in [0.3, 0.4) is 0 Å².